The molecule has 6 nitrogen and oxygen atoms in total. The van der Waals surface area contributed by atoms with E-state index in [1.807, 2.05) is 30.3 Å². The van der Waals surface area contributed by atoms with Crippen molar-refractivity contribution in [3.8, 4) is 11.4 Å². The smallest absolute Gasteiger partial charge is 0.344 e. The Bertz CT molecular complexity index is 999. The maximum atomic E-state index is 13.0. The molecule has 144 valence electrons. The highest BCUT2D eigenvalue weighted by molar-refractivity contribution is 6.32. The van der Waals surface area contributed by atoms with Gasteiger partial charge in [-0.15, -0.1) is 0 Å². The molecule has 2 aromatic carbocycles. The van der Waals surface area contributed by atoms with Crippen LogP contribution in [0.1, 0.15) is 28.4 Å². The number of para-hydroxylation sites is 1. The quantitative estimate of drug-likeness (QED) is 0.444. The third-order valence-corrected chi connectivity index (χ3v) is 4.43. The highest BCUT2D eigenvalue weighted by Gasteiger charge is 2.19. The first kappa shape index (κ1) is 19.6. The summed E-state index contributed by atoms with van der Waals surface area (Å²) in [7, 11) is 0. The molecule has 0 unspecified atom stereocenters. The van der Waals surface area contributed by atoms with Crippen LogP contribution in [-0.2, 0) is 9.53 Å². The lowest BCUT2D eigenvalue weighted by Gasteiger charge is -2.12. The molecule has 0 saturated carbocycles. The molecule has 0 atom stereocenters. The summed E-state index contributed by atoms with van der Waals surface area (Å²) in [6.07, 6.45) is 3.12. The maximum Gasteiger partial charge on any atom is 0.344 e. The Hall–Kier alpha value is -3.12. The van der Waals surface area contributed by atoms with Gasteiger partial charge in [0.2, 0.25) is 0 Å². The lowest BCUT2D eigenvalue weighted by atomic mass is 10.0. The largest absolute Gasteiger partial charge is 0.481 e. The van der Waals surface area contributed by atoms with Crippen LogP contribution < -0.4 is 4.74 Å². The summed E-state index contributed by atoms with van der Waals surface area (Å²) in [6.45, 7) is 3.47. The lowest BCUT2D eigenvalue weighted by molar-refractivity contribution is -0.145. The SMILES string of the molecule is CCOC(=O)COc1cc(C)c(Cl)cc1C(=O)c1cnn(-c2ccccc2)c1. The molecule has 3 rings (SSSR count). The summed E-state index contributed by atoms with van der Waals surface area (Å²) in [5, 5.41) is 4.68. The van der Waals surface area contributed by atoms with Gasteiger partial charge in [0.25, 0.3) is 0 Å². The van der Waals surface area contributed by atoms with Gasteiger partial charge in [0.1, 0.15) is 5.75 Å². The van der Waals surface area contributed by atoms with Gasteiger partial charge in [0, 0.05) is 11.2 Å². The summed E-state index contributed by atoms with van der Waals surface area (Å²) in [6, 6.07) is 12.6. The van der Waals surface area contributed by atoms with Crippen molar-refractivity contribution in [2.24, 2.45) is 0 Å². The van der Waals surface area contributed by atoms with Crippen molar-refractivity contribution in [3.05, 3.63) is 76.6 Å². The lowest BCUT2D eigenvalue weighted by Crippen LogP contribution is -2.16. The van der Waals surface area contributed by atoms with Gasteiger partial charge in [-0.05, 0) is 43.7 Å². The number of aryl methyl sites for hydroxylation is 1. The molecule has 0 bridgehead atoms. The number of ketones is 1. The number of benzene rings is 2. The van der Waals surface area contributed by atoms with Crippen LogP contribution in [0.5, 0.6) is 5.75 Å². The van der Waals surface area contributed by atoms with Crippen molar-refractivity contribution in [1.82, 2.24) is 9.78 Å². The Morgan fingerprint density at radius 2 is 1.93 bits per heavy atom. The molecule has 0 aliphatic rings. The van der Waals surface area contributed by atoms with Crippen molar-refractivity contribution in [2.45, 2.75) is 13.8 Å². The molecule has 0 radical (unpaired) electrons. The Balaban J connectivity index is 1.89. The summed E-state index contributed by atoms with van der Waals surface area (Å²) in [5.74, 6) is -0.541. The number of rotatable bonds is 7. The van der Waals surface area contributed by atoms with Crippen LogP contribution in [0.3, 0.4) is 0 Å². The predicted octanol–water partition coefficient (Wildman–Crippen LogP) is 4.01. The molecule has 28 heavy (non-hydrogen) atoms. The van der Waals surface area contributed by atoms with Crippen LogP contribution in [0.4, 0.5) is 0 Å². The first-order chi connectivity index (χ1) is 13.5. The average molecular weight is 399 g/mol. The van der Waals surface area contributed by atoms with Gasteiger partial charge in [-0.3, -0.25) is 4.79 Å². The molecule has 0 saturated heterocycles. The van der Waals surface area contributed by atoms with E-state index in [-0.39, 0.29) is 30.3 Å². The first-order valence-electron chi connectivity index (χ1n) is 8.73. The molecule has 1 aromatic heterocycles. The highest BCUT2D eigenvalue weighted by atomic mass is 35.5. The van der Waals surface area contributed by atoms with Crippen LogP contribution in [0, 0.1) is 6.92 Å². The molecular formula is C21H19ClN2O4. The molecule has 0 N–H and O–H groups in total. The molecule has 0 spiro atoms. The third-order valence-electron chi connectivity index (χ3n) is 4.02. The van der Waals surface area contributed by atoms with Crippen LogP contribution >= 0.6 is 11.6 Å². The van der Waals surface area contributed by atoms with Crippen LogP contribution in [0.2, 0.25) is 5.02 Å². The fourth-order valence-corrected chi connectivity index (χ4v) is 2.77. The fourth-order valence-electron chi connectivity index (χ4n) is 2.61. The molecule has 0 aliphatic carbocycles. The number of nitrogens with zero attached hydrogens (tertiary/aromatic N) is 2. The van der Waals surface area contributed by atoms with Crippen LogP contribution in [0.25, 0.3) is 5.69 Å². The second-order valence-electron chi connectivity index (χ2n) is 6.03. The van der Waals surface area contributed by atoms with Crippen LogP contribution in [0.15, 0.2) is 54.9 Å². The minimum Gasteiger partial charge on any atom is -0.481 e. The molecule has 3 aromatic rings. The topological polar surface area (TPSA) is 70.4 Å². The van der Waals surface area contributed by atoms with Gasteiger partial charge >= 0.3 is 5.97 Å². The zero-order valence-corrected chi connectivity index (χ0v) is 16.3. The normalized spacial score (nSPS) is 10.5. The number of aromatic nitrogens is 2. The van der Waals surface area contributed by atoms with Crippen molar-refractivity contribution in [3.63, 3.8) is 0 Å². The molecule has 1 heterocycles. The first-order valence-corrected chi connectivity index (χ1v) is 9.10. The van der Waals surface area contributed by atoms with Gasteiger partial charge in [-0.25, -0.2) is 9.48 Å². The average Bonchev–Trinajstić information content (AvgIpc) is 3.19. The van der Waals surface area contributed by atoms with Crippen molar-refractivity contribution in [2.75, 3.05) is 13.2 Å². The number of carbonyl (C=O) groups excluding carboxylic acids is 2. The van der Waals surface area contributed by atoms with E-state index in [2.05, 4.69) is 5.10 Å². The van der Waals surface area contributed by atoms with Gasteiger partial charge in [-0.2, -0.15) is 5.10 Å². The molecular weight excluding hydrogens is 380 g/mol. The third kappa shape index (κ3) is 4.40. The second-order valence-corrected chi connectivity index (χ2v) is 6.44. The molecule has 0 amide bonds. The maximum absolute atomic E-state index is 13.0. The number of esters is 1. The second kappa shape index (κ2) is 8.71. The molecule has 0 fully saturated rings. The number of carbonyl (C=O) groups is 2. The number of hydrogen-bond acceptors (Lipinski definition) is 5. The van der Waals surface area contributed by atoms with Gasteiger partial charge < -0.3 is 9.47 Å². The number of halogens is 1. The Morgan fingerprint density at radius 1 is 1.18 bits per heavy atom. The minimum atomic E-state index is -0.509. The van der Waals surface area contributed by atoms with Crippen LogP contribution in [-0.4, -0.2) is 34.7 Å². The Morgan fingerprint density at radius 3 is 2.64 bits per heavy atom. The standard InChI is InChI=1S/C21H19ClN2O4/c1-3-27-20(25)13-28-19-9-14(2)18(22)10-17(19)21(26)15-11-23-24(12-15)16-7-5-4-6-8-16/h4-12H,3,13H2,1-2H3. The van der Waals surface area contributed by atoms with E-state index >= 15 is 0 Å². The van der Waals surface area contributed by atoms with Crippen molar-refractivity contribution in [1.29, 1.82) is 0 Å². The van der Waals surface area contributed by atoms with Gasteiger partial charge in [0.15, 0.2) is 12.4 Å². The van der Waals surface area contributed by atoms with E-state index < -0.39 is 5.97 Å². The van der Waals surface area contributed by atoms with E-state index in [0.29, 0.717) is 10.6 Å². The van der Waals surface area contributed by atoms with Crippen molar-refractivity contribution >= 4 is 23.4 Å². The van der Waals surface area contributed by atoms with Gasteiger partial charge in [-0.1, -0.05) is 29.8 Å². The van der Waals surface area contributed by atoms with Gasteiger partial charge in [0.05, 0.1) is 29.6 Å². The fraction of sp³-hybridized carbons (Fsp3) is 0.190. The molecule has 7 heteroatoms. The summed E-state index contributed by atoms with van der Waals surface area (Å²) in [4.78, 5) is 24.6. The number of ether oxygens (including phenoxy) is 2. The summed E-state index contributed by atoms with van der Waals surface area (Å²) < 4.78 is 12.0. The van der Waals surface area contributed by atoms with E-state index in [4.69, 9.17) is 21.1 Å². The number of hydrogen-bond donors (Lipinski definition) is 0. The minimum absolute atomic E-state index is 0.256. The highest BCUT2D eigenvalue weighted by Crippen LogP contribution is 2.29. The van der Waals surface area contributed by atoms with E-state index in [1.54, 1.807) is 36.9 Å². The van der Waals surface area contributed by atoms with E-state index in [9.17, 15) is 9.59 Å². The Kier molecular flexibility index (Phi) is 6.11. The summed E-state index contributed by atoms with van der Waals surface area (Å²) >= 11 is 6.21. The predicted molar refractivity (Wildman–Crippen MR) is 105 cm³/mol. The summed E-state index contributed by atoms with van der Waals surface area (Å²) in [5.41, 5.74) is 2.21. The Labute approximate surface area is 167 Å². The van der Waals surface area contributed by atoms with E-state index in [0.717, 1.165) is 11.3 Å². The zero-order chi connectivity index (χ0) is 20.1. The molecule has 0 aliphatic heterocycles. The monoisotopic (exact) mass is 398 g/mol. The zero-order valence-electron chi connectivity index (χ0n) is 15.5. The van der Waals surface area contributed by atoms with E-state index in [1.165, 1.54) is 6.20 Å². The van der Waals surface area contributed by atoms with Crippen molar-refractivity contribution < 1.29 is 19.1 Å².